The number of carbonyl (C=O) groups is 1. The average molecular weight is 275 g/mol. The van der Waals surface area contributed by atoms with E-state index in [0.29, 0.717) is 12.6 Å². The van der Waals surface area contributed by atoms with Gasteiger partial charge >= 0.3 is 0 Å². The number of nitrogens with one attached hydrogen (secondary N) is 1. The maximum atomic E-state index is 12.0. The highest BCUT2D eigenvalue weighted by molar-refractivity contribution is 9.11. The van der Waals surface area contributed by atoms with Gasteiger partial charge in [-0.05, 0) is 12.8 Å². The summed E-state index contributed by atoms with van der Waals surface area (Å²) in [6, 6.07) is 0.344. The van der Waals surface area contributed by atoms with Gasteiger partial charge in [0.05, 0.1) is 12.6 Å². The first kappa shape index (κ1) is 12.7. The number of amides is 1. The fraction of sp³-hybridized carbons (Fsp3) is 0.727. The molecule has 1 aliphatic rings. The average Bonchev–Trinajstić information content (AvgIpc) is 2.10. The number of nitrogens with zero attached hydrogens (tertiary/aromatic N) is 1. The first-order chi connectivity index (χ1) is 7.00. The van der Waals surface area contributed by atoms with Gasteiger partial charge in [-0.15, -0.1) is 0 Å². The molecule has 1 saturated heterocycles. The van der Waals surface area contributed by atoms with Gasteiger partial charge in [0.2, 0.25) is 5.91 Å². The highest BCUT2D eigenvalue weighted by Gasteiger charge is 2.28. The first-order valence-electron chi connectivity index (χ1n) is 5.39. The molecule has 1 atom stereocenters. The van der Waals surface area contributed by atoms with E-state index in [-0.39, 0.29) is 11.9 Å². The van der Waals surface area contributed by atoms with Crippen LogP contribution in [0.2, 0.25) is 0 Å². The Hall–Kier alpha value is -0.350. The van der Waals surface area contributed by atoms with Gasteiger partial charge in [0.25, 0.3) is 0 Å². The van der Waals surface area contributed by atoms with E-state index in [4.69, 9.17) is 0 Å². The lowest BCUT2D eigenvalue weighted by Crippen LogP contribution is -2.52. The van der Waals surface area contributed by atoms with Crippen LogP contribution in [0.3, 0.4) is 0 Å². The topological polar surface area (TPSA) is 32.3 Å². The van der Waals surface area contributed by atoms with Gasteiger partial charge in [-0.1, -0.05) is 36.4 Å². The van der Waals surface area contributed by atoms with Crippen LogP contribution >= 0.6 is 15.9 Å². The van der Waals surface area contributed by atoms with Gasteiger partial charge in [0, 0.05) is 17.1 Å². The summed E-state index contributed by atoms with van der Waals surface area (Å²) in [4.78, 5) is 13.9. The van der Waals surface area contributed by atoms with Gasteiger partial charge in [0.15, 0.2) is 0 Å². The molecule has 1 fully saturated rings. The number of carbonyl (C=O) groups excluding carboxylic acids is 1. The fourth-order valence-corrected chi connectivity index (χ4v) is 2.16. The summed E-state index contributed by atoms with van der Waals surface area (Å²) in [5.74, 6) is 0.204. The molecule has 1 unspecified atom stereocenters. The van der Waals surface area contributed by atoms with Crippen molar-refractivity contribution in [3.63, 3.8) is 0 Å². The maximum Gasteiger partial charge on any atom is 0.240 e. The van der Waals surface area contributed by atoms with E-state index in [0.717, 1.165) is 23.9 Å². The molecule has 0 aliphatic carbocycles. The Bertz CT molecular complexity index is 253. The molecule has 0 bridgehead atoms. The molecule has 0 aromatic heterocycles. The molecule has 1 heterocycles. The molecule has 15 heavy (non-hydrogen) atoms. The van der Waals surface area contributed by atoms with Crippen molar-refractivity contribution in [1.82, 2.24) is 10.2 Å². The van der Waals surface area contributed by atoms with Crippen molar-refractivity contribution in [3.05, 3.63) is 11.1 Å². The van der Waals surface area contributed by atoms with Crippen LogP contribution in [0.15, 0.2) is 11.1 Å². The second-order valence-electron chi connectivity index (χ2n) is 4.29. The largest absolute Gasteiger partial charge is 0.337 e. The molecular formula is C11H19BrN2O. The van der Waals surface area contributed by atoms with Crippen molar-refractivity contribution < 1.29 is 4.79 Å². The lowest BCUT2D eigenvalue weighted by molar-refractivity contribution is -0.135. The summed E-state index contributed by atoms with van der Waals surface area (Å²) < 4.78 is 0.862. The van der Waals surface area contributed by atoms with Crippen LogP contribution in [0.1, 0.15) is 26.7 Å². The van der Waals surface area contributed by atoms with E-state index < -0.39 is 0 Å². The van der Waals surface area contributed by atoms with E-state index in [1.54, 1.807) is 0 Å². The summed E-state index contributed by atoms with van der Waals surface area (Å²) in [7, 11) is 0. The Morgan fingerprint density at radius 2 is 2.40 bits per heavy atom. The predicted molar refractivity (Wildman–Crippen MR) is 65.9 cm³/mol. The van der Waals surface area contributed by atoms with E-state index in [1.807, 2.05) is 4.90 Å². The van der Waals surface area contributed by atoms with Gasteiger partial charge < -0.3 is 10.2 Å². The number of hydrogen-bond donors (Lipinski definition) is 1. The Morgan fingerprint density at radius 3 is 2.93 bits per heavy atom. The molecule has 1 N–H and O–H groups in total. The SMILES string of the molecule is C=C(Br)CN1CCCC(NC(C)C)C1=O. The van der Waals surface area contributed by atoms with Crippen LogP contribution in [0.25, 0.3) is 0 Å². The smallest absolute Gasteiger partial charge is 0.240 e. The number of piperidine rings is 1. The molecule has 1 amide bonds. The van der Waals surface area contributed by atoms with Gasteiger partial charge in [0.1, 0.15) is 0 Å². The van der Waals surface area contributed by atoms with Crippen molar-refractivity contribution >= 4 is 21.8 Å². The fourth-order valence-electron chi connectivity index (χ4n) is 1.86. The standard InChI is InChI=1S/C11H19BrN2O/c1-8(2)13-10-5-4-6-14(11(10)15)7-9(3)12/h8,10,13H,3-7H2,1-2H3. The normalized spacial score (nSPS) is 22.3. The summed E-state index contributed by atoms with van der Waals surface area (Å²) in [6.07, 6.45) is 2.01. The number of hydrogen-bond acceptors (Lipinski definition) is 2. The van der Waals surface area contributed by atoms with Gasteiger partial charge in [-0.25, -0.2) is 0 Å². The third-order valence-electron chi connectivity index (χ3n) is 2.43. The summed E-state index contributed by atoms with van der Waals surface area (Å²) in [5, 5.41) is 3.30. The van der Waals surface area contributed by atoms with Gasteiger partial charge in [-0.2, -0.15) is 0 Å². The minimum atomic E-state index is -0.00870. The zero-order chi connectivity index (χ0) is 11.4. The van der Waals surface area contributed by atoms with Crippen molar-refractivity contribution in [2.75, 3.05) is 13.1 Å². The van der Waals surface area contributed by atoms with E-state index >= 15 is 0 Å². The molecule has 0 aromatic carbocycles. The van der Waals surface area contributed by atoms with Crippen LogP contribution in [-0.4, -0.2) is 36.0 Å². The lowest BCUT2D eigenvalue weighted by Gasteiger charge is -2.33. The van der Waals surface area contributed by atoms with Crippen molar-refractivity contribution in [1.29, 1.82) is 0 Å². The summed E-state index contributed by atoms with van der Waals surface area (Å²) in [5.41, 5.74) is 0. The number of halogens is 1. The number of rotatable bonds is 4. The van der Waals surface area contributed by atoms with Crippen LogP contribution in [0.5, 0.6) is 0 Å². The van der Waals surface area contributed by atoms with Crippen molar-refractivity contribution in [2.24, 2.45) is 0 Å². The summed E-state index contributed by atoms with van der Waals surface area (Å²) >= 11 is 3.30. The monoisotopic (exact) mass is 274 g/mol. The molecule has 0 aromatic rings. The van der Waals surface area contributed by atoms with Crippen LogP contribution < -0.4 is 5.32 Å². The van der Waals surface area contributed by atoms with Crippen molar-refractivity contribution in [3.8, 4) is 0 Å². The molecule has 0 spiro atoms. The lowest BCUT2D eigenvalue weighted by atomic mass is 10.0. The maximum absolute atomic E-state index is 12.0. The molecule has 1 aliphatic heterocycles. The minimum Gasteiger partial charge on any atom is -0.337 e. The molecule has 1 rings (SSSR count). The Balaban J connectivity index is 2.54. The van der Waals surface area contributed by atoms with E-state index in [1.165, 1.54) is 0 Å². The second kappa shape index (κ2) is 5.66. The molecular weight excluding hydrogens is 256 g/mol. The zero-order valence-corrected chi connectivity index (χ0v) is 11.0. The molecule has 4 heteroatoms. The van der Waals surface area contributed by atoms with Crippen LogP contribution in [0, 0.1) is 0 Å². The Labute approximate surface area is 100 Å². The molecule has 0 saturated carbocycles. The minimum absolute atomic E-state index is 0.00870. The molecule has 86 valence electrons. The number of likely N-dealkylation sites (tertiary alicyclic amines) is 1. The van der Waals surface area contributed by atoms with Gasteiger partial charge in [-0.3, -0.25) is 4.79 Å². The quantitative estimate of drug-likeness (QED) is 0.849. The van der Waals surface area contributed by atoms with Crippen molar-refractivity contribution in [2.45, 2.75) is 38.8 Å². The van der Waals surface area contributed by atoms with E-state index in [2.05, 4.69) is 41.7 Å². The van der Waals surface area contributed by atoms with E-state index in [9.17, 15) is 4.79 Å². The highest BCUT2D eigenvalue weighted by atomic mass is 79.9. The second-order valence-corrected chi connectivity index (χ2v) is 5.41. The zero-order valence-electron chi connectivity index (χ0n) is 9.42. The van der Waals surface area contributed by atoms with Crippen LogP contribution in [-0.2, 0) is 4.79 Å². The highest BCUT2D eigenvalue weighted by Crippen LogP contribution is 2.15. The third-order valence-corrected chi connectivity index (χ3v) is 2.68. The Morgan fingerprint density at radius 1 is 1.73 bits per heavy atom. The summed E-state index contributed by atoms with van der Waals surface area (Å²) in [6.45, 7) is 9.37. The predicted octanol–water partition coefficient (Wildman–Crippen LogP) is 1.88. The molecule has 0 radical (unpaired) electrons. The molecule has 3 nitrogen and oxygen atoms in total. The first-order valence-corrected chi connectivity index (χ1v) is 6.18. The third kappa shape index (κ3) is 3.95. The Kier molecular flexibility index (Phi) is 4.80. The van der Waals surface area contributed by atoms with Crippen LogP contribution in [0.4, 0.5) is 0 Å².